The van der Waals surface area contributed by atoms with Gasteiger partial charge in [0.25, 0.3) is 5.56 Å². The van der Waals surface area contributed by atoms with Crippen molar-refractivity contribution in [3.05, 3.63) is 123 Å². The summed E-state index contributed by atoms with van der Waals surface area (Å²) in [5.41, 5.74) is 1.21. The van der Waals surface area contributed by atoms with Crippen LogP contribution in [0.5, 0.6) is 0 Å². The predicted molar refractivity (Wildman–Crippen MR) is 170 cm³/mol. The Morgan fingerprint density at radius 2 is 1.77 bits per heavy atom. The molecule has 0 radical (unpaired) electrons. The van der Waals surface area contributed by atoms with E-state index in [1.165, 1.54) is 35.2 Å². The lowest BCUT2D eigenvalue weighted by atomic mass is 9.75. The molecule has 2 aromatic carbocycles. The van der Waals surface area contributed by atoms with E-state index < -0.39 is 28.9 Å². The lowest BCUT2D eigenvalue weighted by Gasteiger charge is -2.33. The summed E-state index contributed by atoms with van der Waals surface area (Å²) in [7, 11) is 0. The highest BCUT2D eigenvalue weighted by Crippen LogP contribution is 2.35. The Kier molecular flexibility index (Phi) is 8.71. The van der Waals surface area contributed by atoms with Crippen molar-refractivity contribution in [3.63, 3.8) is 0 Å². The van der Waals surface area contributed by atoms with Gasteiger partial charge < -0.3 is 5.32 Å². The van der Waals surface area contributed by atoms with Gasteiger partial charge in [0.05, 0.1) is 35.6 Å². The van der Waals surface area contributed by atoms with Gasteiger partial charge in [-0.3, -0.25) is 19.1 Å². The Balaban J connectivity index is 1.42. The number of benzene rings is 2. The topological polar surface area (TPSA) is 108 Å². The molecular formula is C34H31ClF3N7O2. The summed E-state index contributed by atoms with van der Waals surface area (Å²) in [5.74, 6) is -0.275. The maximum atomic E-state index is 13.8. The summed E-state index contributed by atoms with van der Waals surface area (Å²) in [6.07, 6.45) is 0.981. The molecule has 5 aromatic rings. The largest absolute Gasteiger partial charge is 0.436 e. The molecule has 13 heteroatoms. The van der Waals surface area contributed by atoms with Crippen LogP contribution in [0.4, 0.5) is 13.2 Å². The number of halogens is 4. The van der Waals surface area contributed by atoms with Crippen LogP contribution in [0, 0.1) is 5.92 Å². The Morgan fingerprint density at radius 1 is 0.979 bits per heavy atom. The molecule has 1 unspecified atom stereocenters. The number of nitrogens with one attached hydrogen (secondary N) is 1. The fourth-order valence-electron chi connectivity index (χ4n) is 5.98. The van der Waals surface area contributed by atoms with Crippen LogP contribution >= 0.6 is 11.6 Å². The third-order valence-corrected chi connectivity index (χ3v) is 9.02. The van der Waals surface area contributed by atoms with Gasteiger partial charge in [0, 0.05) is 40.7 Å². The number of alkyl halides is 3. The maximum absolute atomic E-state index is 13.8. The van der Waals surface area contributed by atoms with Crippen LogP contribution in [-0.2, 0) is 16.4 Å². The highest BCUT2D eigenvalue weighted by molar-refractivity contribution is 6.31. The minimum atomic E-state index is -4.68. The van der Waals surface area contributed by atoms with E-state index in [-0.39, 0.29) is 23.2 Å². The molecule has 0 saturated heterocycles. The number of hydrogen-bond acceptors (Lipinski definition) is 6. The van der Waals surface area contributed by atoms with Crippen molar-refractivity contribution in [1.82, 2.24) is 34.8 Å². The Labute approximate surface area is 273 Å². The molecule has 0 spiro atoms. The zero-order valence-corrected chi connectivity index (χ0v) is 26.3. The molecule has 4 heterocycles. The quantitative estimate of drug-likeness (QED) is 0.239. The van der Waals surface area contributed by atoms with Crippen LogP contribution in [0.1, 0.15) is 61.7 Å². The molecule has 1 aliphatic rings. The van der Waals surface area contributed by atoms with E-state index in [1.54, 1.807) is 6.20 Å². The highest BCUT2D eigenvalue weighted by Gasteiger charge is 2.35. The molecule has 0 fully saturated rings. The van der Waals surface area contributed by atoms with Crippen molar-refractivity contribution in [3.8, 4) is 16.9 Å². The van der Waals surface area contributed by atoms with Crippen molar-refractivity contribution < 1.29 is 18.0 Å². The lowest BCUT2D eigenvalue weighted by Crippen LogP contribution is -2.42. The van der Waals surface area contributed by atoms with Crippen LogP contribution in [0.15, 0.2) is 90.2 Å². The van der Waals surface area contributed by atoms with Gasteiger partial charge in [0.2, 0.25) is 5.91 Å². The average Bonchev–Trinajstić information content (AvgIpc) is 3.57. The second-order valence-electron chi connectivity index (χ2n) is 12.0. The number of rotatable bonds is 4. The fraction of sp³-hybridized carbons (Fsp3) is 0.294. The Morgan fingerprint density at radius 3 is 2.49 bits per heavy atom. The van der Waals surface area contributed by atoms with E-state index >= 15 is 0 Å². The smallest absolute Gasteiger partial charge is 0.355 e. The molecule has 1 aliphatic heterocycles. The van der Waals surface area contributed by atoms with Crippen LogP contribution in [-0.4, -0.2) is 42.0 Å². The summed E-state index contributed by atoms with van der Waals surface area (Å²) in [6, 6.07) is 19.1. The molecule has 3 aromatic heterocycles. The lowest BCUT2D eigenvalue weighted by molar-refractivity contribution is -0.141. The van der Waals surface area contributed by atoms with Crippen LogP contribution in [0.25, 0.3) is 16.9 Å². The first-order chi connectivity index (χ1) is 22.4. The summed E-state index contributed by atoms with van der Waals surface area (Å²) in [6.45, 7) is 4.35. The van der Waals surface area contributed by atoms with E-state index in [2.05, 4.69) is 27.5 Å². The minimum absolute atomic E-state index is 0.0335. The van der Waals surface area contributed by atoms with Gasteiger partial charge >= 0.3 is 6.18 Å². The Bertz CT molecular complexity index is 1980. The summed E-state index contributed by atoms with van der Waals surface area (Å²) in [4.78, 5) is 36.2. The van der Waals surface area contributed by atoms with E-state index in [1.807, 2.05) is 49.4 Å². The number of fused-ring (bicyclic) bond motifs is 2. The summed E-state index contributed by atoms with van der Waals surface area (Å²) in [5, 5.41) is 10.3. The first kappa shape index (κ1) is 32.1. The van der Waals surface area contributed by atoms with Gasteiger partial charge in [0.1, 0.15) is 0 Å². The van der Waals surface area contributed by atoms with Gasteiger partial charge in [-0.15, -0.1) is 5.10 Å². The van der Waals surface area contributed by atoms with Gasteiger partial charge in [-0.1, -0.05) is 60.5 Å². The number of pyridine rings is 1. The predicted octanol–water partition coefficient (Wildman–Crippen LogP) is 6.39. The standard InChI is InChI=1S/C34H31ClF3N7O2/c1-21-7-6-10-29(27-15-23(13-14-39-27)33(2,19-40-32(21)47)22-8-4-3-5-9-22)44-20-41-26(17-31(44)46)25-16-24(35)11-12-28(25)45-18-30(42-43-45)34(36,37)38/h3-5,8-9,11-18,20-21,29H,6-7,10,19H2,1-2H3,(H,40,47)/t21-,29+,33?/m1/s1. The van der Waals surface area contributed by atoms with Gasteiger partial charge in [-0.25, -0.2) is 9.67 Å². The monoisotopic (exact) mass is 661 g/mol. The molecule has 9 nitrogen and oxygen atoms in total. The van der Waals surface area contributed by atoms with Crippen LogP contribution < -0.4 is 10.9 Å². The molecule has 3 atom stereocenters. The average molecular weight is 662 g/mol. The summed E-state index contributed by atoms with van der Waals surface area (Å²) >= 11 is 6.27. The number of amides is 1. The molecule has 6 rings (SSSR count). The van der Waals surface area contributed by atoms with Crippen molar-refractivity contribution in [2.75, 3.05) is 6.54 Å². The van der Waals surface area contributed by atoms with Gasteiger partial charge in [-0.2, -0.15) is 13.2 Å². The first-order valence-electron chi connectivity index (χ1n) is 15.1. The highest BCUT2D eigenvalue weighted by atomic mass is 35.5. The molecule has 47 heavy (non-hydrogen) atoms. The van der Waals surface area contributed by atoms with E-state index in [4.69, 9.17) is 16.6 Å². The second kappa shape index (κ2) is 12.7. The maximum Gasteiger partial charge on any atom is 0.436 e. The molecule has 0 saturated carbocycles. The number of hydrogen-bond donors (Lipinski definition) is 1. The zero-order valence-electron chi connectivity index (χ0n) is 25.6. The molecule has 0 aliphatic carbocycles. The van der Waals surface area contributed by atoms with Gasteiger partial charge in [-0.05, 0) is 61.2 Å². The van der Waals surface area contributed by atoms with E-state index in [0.717, 1.165) is 22.0 Å². The third-order valence-electron chi connectivity index (χ3n) is 8.79. The fourth-order valence-corrected chi connectivity index (χ4v) is 6.15. The second-order valence-corrected chi connectivity index (χ2v) is 12.4. The summed E-state index contributed by atoms with van der Waals surface area (Å²) < 4.78 is 42.2. The number of aromatic nitrogens is 6. The van der Waals surface area contributed by atoms with Crippen LogP contribution in [0.3, 0.4) is 0 Å². The first-order valence-corrected chi connectivity index (χ1v) is 15.5. The molecule has 2 bridgehead atoms. The van der Waals surface area contributed by atoms with Crippen molar-refractivity contribution in [2.24, 2.45) is 5.92 Å². The minimum Gasteiger partial charge on any atom is -0.355 e. The van der Waals surface area contributed by atoms with Crippen molar-refractivity contribution in [1.29, 1.82) is 0 Å². The third kappa shape index (κ3) is 6.55. The van der Waals surface area contributed by atoms with E-state index in [0.29, 0.717) is 42.1 Å². The molecule has 1 amide bonds. The number of nitrogens with zero attached hydrogens (tertiary/aromatic N) is 6. The van der Waals surface area contributed by atoms with Crippen molar-refractivity contribution >= 4 is 17.5 Å². The van der Waals surface area contributed by atoms with E-state index in [9.17, 15) is 22.8 Å². The Hall–Kier alpha value is -4.84. The van der Waals surface area contributed by atoms with Crippen LogP contribution in [0.2, 0.25) is 5.02 Å². The SMILES string of the molecule is C[C@@H]1CCC[C@H](n2cnc(-c3cc(Cl)ccc3-n3cc(C(F)(F)F)nn3)cc2=O)c2cc(ccn2)C(C)(c2ccccc2)CNC1=O. The van der Waals surface area contributed by atoms with Crippen molar-refractivity contribution in [2.45, 2.75) is 50.7 Å². The molecule has 1 N–H and O–H groups in total. The molecule has 242 valence electrons. The van der Waals surface area contributed by atoms with Gasteiger partial charge in [0.15, 0.2) is 5.69 Å². The number of carbonyl (C=O) groups excluding carboxylic acids is 1. The zero-order chi connectivity index (χ0) is 33.3. The number of carbonyl (C=O) groups is 1. The molecular weight excluding hydrogens is 631 g/mol. The normalized spacial score (nSPS) is 20.6.